The van der Waals surface area contributed by atoms with E-state index >= 15 is 0 Å². The minimum Gasteiger partial charge on any atom is -0.493 e. The van der Waals surface area contributed by atoms with Crippen LogP contribution in [0.2, 0.25) is 5.02 Å². The number of amides is 1. The topological polar surface area (TPSA) is 38.3 Å². The van der Waals surface area contributed by atoms with E-state index in [1.807, 2.05) is 0 Å². The number of nitrogens with one attached hydrogen (secondary N) is 1. The molecule has 1 rings (SSSR count). The predicted octanol–water partition coefficient (Wildman–Crippen LogP) is 4.59. The molecule has 0 fully saturated rings. The second-order valence-corrected chi connectivity index (χ2v) is 5.61. The fourth-order valence-corrected chi connectivity index (χ4v) is 2.14. The number of carbonyl (C=O) groups is 1. The summed E-state index contributed by atoms with van der Waals surface area (Å²) in [6.45, 7) is 3.38. The van der Waals surface area contributed by atoms with Crippen molar-refractivity contribution in [1.82, 2.24) is 5.32 Å². The molecule has 0 aliphatic heterocycles. The number of halogens is 1. The maximum absolute atomic E-state index is 11.6. The van der Waals surface area contributed by atoms with Gasteiger partial charge in [0.05, 0.1) is 13.0 Å². The van der Waals surface area contributed by atoms with Crippen molar-refractivity contribution in [3.8, 4) is 5.75 Å². The van der Waals surface area contributed by atoms with E-state index in [-0.39, 0.29) is 5.91 Å². The maximum atomic E-state index is 11.6. The van der Waals surface area contributed by atoms with Gasteiger partial charge in [0, 0.05) is 11.6 Å². The first-order valence-corrected chi connectivity index (χ1v) is 8.25. The minimum atomic E-state index is 0.0533. The molecule has 21 heavy (non-hydrogen) atoms. The Morgan fingerprint density at radius 3 is 2.48 bits per heavy atom. The summed E-state index contributed by atoms with van der Waals surface area (Å²) in [5, 5.41) is 3.61. The molecule has 0 aliphatic carbocycles. The Kier molecular flexibility index (Phi) is 9.71. The molecule has 0 saturated heterocycles. The van der Waals surface area contributed by atoms with Gasteiger partial charge in [-0.25, -0.2) is 0 Å². The standard InChI is InChI=1S/C17H26ClNO2/c1-2-3-4-5-6-7-13-19-17(20)12-14-21-16-10-8-15(18)9-11-16/h8-11H,2-7,12-14H2,1H3,(H,19,20). The Morgan fingerprint density at radius 1 is 1.10 bits per heavy atom. The first-order chi connectivity index (χ1) is 10.2. The van der Waals surface area contributed by atoms with E-state index in [1.54, 1.807) is 24.3 Å². The zero-order valence-corrected chi connectivity index (χ0v) is 13.6. The van der Waals surface area contributed by atoms with Gasteiger partial charge in [0.1, 0.15) is 5.75 Å². The lowest BCUT2D eigenvalue weighted by molar-refractivity contribution is -0.121. The van der Waals surface area contributed by atoms with E-state index < -0.39 is 0 Å². The molecular weight excluding hydrogens is 286 g/mol. The van der Waals surface area contributed by atoms with Crippen LogP contribution in [0, 0.1) is 0 Å². The summed E-state index contributed by atoms with van der Waals surface area (Å²) >= 11 is 5.79. The average Bonchev–Trinajstić information content (AvgIpc) is 2.48. The van der Waals surface area contributed by atoms with Gasteiger partial charge in [0.15, 0.2) is 0 Å². The Hall–Kier alpha value is -1.22. The van der Waals surface area contributed by atoms with E-state index in [0.29, 0.717) is 18.1 Å². The summed E-state index contributed by atoms with van der Waals surface area (Å²) in [5.41, 5.74) is 0. The van der Waals surface area contributed by atoms with Crippen LogP contribution in [-0.4, -0.2) is 19.1 Å². The highest BCUT2D eigenvalue weighted by atomic mass is 35.5. The fourth-order valence-electron chi connectivity index (χ4n) is 2.01. The molecule has 0 aromatic heterocycles. The van der Waals surface area contributed by atoms with Gasteiger partial charge in [-0.15, -0.1) is 0 Å². The maximum Gasteiger partial charge on any atom is 0.223 e. The van der Waals surface area contributed by atoms with Crippen LogP contribution in [0.5, 0.6) is 5.75 Å². The van der Waals surface area contributed by atoms with E-state index in [0.717, 1.165) is 18.7 Å². The van der Waals surface area contributed by atoms with Gasteiger partial charge in [-0.1, -0.05) is 50.6 Å². The molecule has 0 bridgehead atoms. The van der Waals surface area contributed by atoms with Crippen LogP contribution in [0.3, 0.4) is 0 Å². The molecule has 1 amide bonds. The Balaban J connectivity index is 1.97. The molecule has 4 heteroatoms. The van der Waals surface area contributed by atoms with Crippen molar-refractivity contribution in [2.45, 2.75) is 51.9 Å². The minimum absolute atomic E-state index is 0.0533. The van der Waals surface area contributed by atoms with E-state index in [2.05, 4.69) is 12.2 Å². The quantitative estimate of drug-likeness (QED) is 0.607. The first-order valence-electron chi connectivity index (χ1n) is 7.87. The van der Waals surface area contributed by atoms with Gasteiger partial charge >= 0.3 is 0 Å². The monoisotopic (exact) mass is 311 g/mol. The Morgan fingerprint density at radius 2 is 1.76 bits per heavy atom. The van der Waals surface area contributed by atoms with Gasteiger partial charge in [-0.2, -0.15) is 0 Å². The normalized spacial score (nSPS) is 10.4. The van der Waals surface area contributed by atoms with E-state index in [1.165, 1.54) is 32.1 Å². The van der Waals surface area contributed by atoms with Crippen molar-refractivity contribution in [2.24, 2.45) is 0 Å². The van der Waals surface area contributed by atoms with Crippen molar-refractivity contribution in [3.63, 3.8) is 0 Å². The second-order valence-electron chi connectivity index (χ2n) is 5.17. The molecule has 3 nitrogen and oxygen atoms in total. The summed E-state index contributed by atoms with van der Waals surface area (Å²) in [4.78, 5) is 11.6. The molecule has 0 heterocycles. The van der Waals surface area contributed by atoms with Crippen LogP contribution in [-0.2, 0) is 4.79 Å². The van der Waals surface area contributed by atoms with Crippen molar-refractivity contribution >= 4 is 17.5 Å². The molecule has 1 aromatic carbocycles. The first kappa shape index (κ1) is 17.8. The number of ether oxygens (including phenoxy) is 1. The van der Waals surface area contributed by atoms with Crippen molar-refractivity contribution < 1.29 is 9.53 Å². The van der Waals surface area contributed by atoms with E-state index in [4.69, 9.17) is 16.3 Å². The van der Waals surface area contributed by atoms with Crippen LogP contribution in [0.15, 0.2) is 24.3 Å². The largest absolute Gasteiger partial charge is 0.493 e. The van der Waals surface area contributed by atoms with Crippen molar-refractivity contribution in [1.29, 1.82) is 0 Å². The highest BCUT2D eigenvalue weighted by Crippen LogP contribution is 2.15. The van der Waals surface area contributed by atoms with Crippen LogP contribution >= 0.6 is 11.6 Å². The van der Waals surface area contributed by atoms with Crippen LogP contribution in [0.4, 0.5) is 0 Å². The summed E-state index contributed by atoms with van der Waals surface area (Å²) in [6, 6.07) is 7.15. The summed E-state index contributed by atoms with van der Waals surface area (Å²) in [7, 11) is 0. The van der Waals surface area contributed by atoms with Gasteiger partial charge < -0.3 is 10.1 Å². The average molecular weight is 312 g/mol. The number of unbranched alkanes of at least 4 members (excludes halogenated alkanes) is 5. The molecule has 0 aliphatic rings. The van der Waals surface area contributed by atoms with Gasteiger partial charge in [-0.05, 0) is 30.7 Å². The van der Waals surface area contributed by atoms with Gasteiger partial charge in [0.25, 0.3) is 0 Å². The van der Waals surface area contributed by atoms with Crippen LogP contribution < -0.4 is 10.1 Å². The lowest BCUT2D eigenvalue weighted by Crippen LogP contribution is -2.25. The highest BCUT2D eigenvalue weighted by molar-refractivity contribution is 6.30. The lowest BCUT2D eigenvalue weighted by atomic mass is 10.1. The number of benzene rings is 1. The molecule has 0 spiro atoms. The predicted molar refractivity (Wildman–Crippen MR) is 87.9 cm³/mol. The smallest absolute Gasteiger partial charge is 0.223 e. The van der Waals surface area contributed by atoms with Crippen LogP contribution in [0.1, 0.15) is 51.9 Å². The van der Waals surface area contributed by atoms with Crippen molar-refractivity contribution in [3.05, 3.63) is 29.3 Å². The fraction of sp³-hybridized carbons (Fsp3) is 0.588. The third-order valence-corrected chi connectivity index (χ3v) is 3.52. The van der Waals surface area contributed by atoms with Crippen molar-refractivity contribution in [2.75, 3.05) is 13.2 Å². The SMILES string of the molecule is CCCCCCCCNC(=O)CCOc1ccc(Cl)cc1. The molecule has 0 saturated carbocycles. The zero-order valence-electron chi connectivity index (χ0n) is 12.9. The highest BCUT2D eigenvalue weighted by Gasteiger charge is 2.01. The third-order valence-electron chi connectivity index (χ3n) is 3.26. The molecule has 0 atom stereocenters. The molecule has 1 aromatic rings. The molecular formula is C17H26ClNO2. The summed E-state index contributed by atoms with van der Waals surface area (Å²) < 4.78 is 5.48. The molecule has 0 radical (unpaired) electrons. The summed E-state index contributed by atoms with van der Waals surface area (Å²) in [5.74, 6) is 0.792. The molecule has 0 unspecified atom stereocenters. The Bertz CT molecular complexity index is 392. The third kappa shape index (κ3) is 9.35. The number of rotatable bonds is 11. The molecule has 1 N–H and O–H groups in total. The van der Waals surface area contributed by atoms with Gasteiger partial charge in [-0.3, -0.25) is 4.79 Å². The number of carbonyl (C=O) groups excluding carboxylic acids is 1. The lowest BCUT2D eigenvalue weighted by Gasteiger charge is -2.07. The zero-order chi connectivity index (χ0) is 15.3. The van der Waals surface area contributed by atoms with E-state index in [9.17, 15) is 4.79 Å². The second kappa shape index (κ2) is 11.4. The number of hydrogen-bond acceptors (Lipinski definition) is 2. The summed E-state index contributed by atoms with van der Waals surface area (Å²) in [6.07, 6.45) is 7.80. The van der Waals surface area contributed by atoms with Gasteiger partial charge in [0.2, 0.25) is 5.91 Å². The Labute approximate surface area is 133 Å². The molecule has 118 valence electrons. The van der Waals surface area contributed by atoms with Crippen LogP contribution in [0.25, 0.3) is 0 Å². The number of hydrogen-bond donors (Lipinski definition) is 1.